The normalized spacial score (nSPS) is 11.2. The van der Waals surface area contributed by atoms with Crippen LogP contribution in [-0.2, 0) is 0 Å². The molecule has 24 heavy (non-hydrogen) atoms. The molecule has 120 valence electrons. The summed E-state index contributed by atoms with van der Waals surface area (Å²) in [6.07, 6.45) is 1.82. The number of rotatable bonds is 3. The number of anilines is 2. The van der Waals surface area contributed by atoms with Crippen molar-refractivity contribution >= 4 is 40.4 Å². The summed E-state index contributed by atoms with van der Waals surface area (Å²) in [5, 5.41) is 22.4. The van der Waals surface area contributed by atoms with Crippen LogP contribution in [0.2, 0.25) is 0 Å². The zero-order valence-corrected chi connectivity index (χ0v) is 13.9. The van der Waals surface area contributed by atoms with Gasteiger partial charge in [0.25, 0.3) is 0 Å². The summed E-state index contributed by atoms with van der Waals surface area (Å²) in [4.78, 5) is 4.21. The van der Waals surface area contributed by atoms with Crippen LogP contribution in [0.5, 0.6) is 0 Å². The van der Waals surface area contributed by atoms with Crippen molar-refractivity contribution < 1.29 is 0 Å². The van der Waals surface area contributed by atoms with E-state index in [0.29, 0.717) is 22.0 Å². The molecule has 0 aliphatic heterocycles. The summed E-state index contributed by atoms with van der Waals surface area (Å²) < 4.78 is 1.47. The molecule has 0 spiro atoms. The molecule has 4 N–H and O–H groups in total. The fourth-order valence-corrected chi connectivity index (χ4v) is 2.89. The molecule has 8 nitrogen and oxygen atoms in total. The van der Waals surface area contributed by atoms with Gasteiger partial charge in [-0.3, -0.25) is 0 Å². The van der Waals surface area contributed by atoms with Gasteiger partial charge in [0, 0.05) is 0 Å². The number of aromatic nitrogens is 3. The summed E-state index contributed by atoms with van der Waals surface area (Å²) in [5.41, 5.74) is 14.6. The van der Waals surface area contributed by atoms with E-state index >= 15 is 0 Å². The molecule has 0 saturated heterocycles. The lowest BCUT2D eigenvalue weighted by atomic mass is 10.2. The molecule has 1 aromatic carbocycles. The fraction of sp³-hybridized carbons (Fsp3) is 0.133. The summed E-state index contributed by atoms with van der Waals surface area (Å²) >= 11 is 1.33. The Balaban J connectivity index is 2.17. The lowest BCUT2D eigenvalue weighted by molar-refractivity contribution is 0.845. The lowest BCUT2D eigenvalue weighted by Gasteiger charge is -2.05. The van der Waals surface area contributed by atoms with Gasteiger partial charge < -0.3 is 11.5 Å². The minimum absolute atomic E-state index is 0.112. The highest BCUT2D eigenvalue weighted by Crippen LogP contribution is 2.33. The van der Waals surface area contributed by atoms with Crippen molar-refractivity contribution in [2.24, 2.45) is 10.2 Å². The summed E-state index contributed by atoms with van der Waals surface area (Å²) in [6.45, 7) is 1.97. The molecule has 0 aliphatic carbocycles. The van der Waals surface area contributed by atoms with E-state index in [1.807, 2.05) is 43.5 Å². The first-order valence-electron chi connectivity index (χ1n) is 6.95. The van der Waals surface area contributed by atoms with E-state index in [1.54, 1.807) is 0 Å². The average Bonchev–Trinajstić information content (AvgIpc) is 2.86. The summed E-state index contributed by atoms with van der Waals surface area (Å²) in [7, 11) is 0. The van der Waals surface area contributed by atoms with Crippen LogP contribution in [0.15, 0.2) is 39.5 Å². The Morgan fingerprint density at radius 2 is 2.04 bits per heavy atom. The van der Waals surface area contributed by atoms with Crippen LogP contribution >= 0.6 is 11.8 Å². The molecule has 0 amide bonds. The second-order valence-corrected chi connectivity index (χ2v) is 5.80. The lowest BCUT2D eigenvalue weighted by Crippen LogP contribution is -2.04. The summed E-state index contributed by atoms with van der Waals surface area (Å²) in [5.74, 6) is 0.282. The number of thioether (sulfide) groups is 1. The molecule has 3 rings (SSSR count). The predicted octanol–water partition coefficient (Wildman–Crippen LogP) is 3.21. The SMILES string of the molecule is CSc1c(C#N)c(N)nc2c(N=Nc3cccc(C)c3)c(N)nn12. The third kappa shape index (κ3) is 2.63. The molecule has 0 radical (unpaired) electrons. The Morgan fingerprint density at radius 3 is 2.71 bits per heavy atom. The van der Waals surface area contributed by atoms with Gasteiger partial charge in [-0.1, -0.05) is 12.1 Å². The number of hydrogen-bond acceptors (Lipinski definition) is 8. The molecule has 0 fully saturated rings. The maximum Gasteiger partial charge on any atom is 0.188 e. The van der Waals surface area contributed by atoms with E-state index in [1.165, 1.54) is 16.3 Å². The first-order chi connectivity index (χ1) is 11.5. The van der Waals surface area contributed by atoms with Gasteiger partial charge in [-0.05, 0) is 30.9 Å². The van der Waals surface area contributed by atoms with Gasteiger partial charge in [-0.25, -0.2) is 9.50 Å². The van der Waals surface area contributed by atoms with Gasteiger partial charge >= 0.3 is 0 Å². The monoisotopic (exact) mass is 338 g/mol. The van der Waals surface area contributed by atoms with Crippen molar-refractivity contribution in [3.8, 4) is 6.07 Å². The standard InChI is InChI=1S/C15H14N8S/c1-8-4-3-5-9(6-8)20-21-11-13(18)22-23-14(11)19-12(17)10(7-16)15(23)24-2/h3-6H,1-2H3,(H2,17,19)(H2,18,22). The van der Waals surface area contributed by atoms with Crippen molar-refractivity contribution in [2.45, 2.75) is 11.9 Å². The molecule has 2 heterocycles. The molecule has 9 heteroatoms. The maximum atomic E-state index is 9.25. The van der Waals surface area contributed by atoms with E-state index in [4.69, 9.17) is 11.5 Å². The third-order valence-electron chi connectivity index (χ3n) is 3.32. The zero-order chi connectivity index (χ0) is 17.3. The Labute approximate surface area is 142 Å². The van der Waals surface area contributed by atoms with Gasteiger partial charge in [0.1, 0.15) is 22.5 Å². The Bertz CT molecular complexity index is 999. The van der Waals surface area contributed by atoms with Crippen molar-refractivity contribution in [3.05, 3.63) is 35.4 Å². The van der Waals surface area contributed by atoms with Gasteiger partial charge in [0.15, 0.2) is 17.2 Å². The minimum Gasteiger partial charge on any atom is -0.382 e. The molecule has 3 aromatic rings. The van der Waals surface area contributed by atoms with Crippen molar-refractivity contribution in [3.63, 3.8) is 0 Å². The van der Waals surface area contributed by atoms with E-state index in [2.05, 4.69) is 20.3 Å². The molecule has 0 bridgehead atoms. The Hall–Kier alpha value is -3.12. The highest BCUT2D eigenvalue weighted by molar-refractivity contribution is 7.98. The number of azo groups is 1. The molecule has 0 saturated carbocycles. The van der Waals surface area contributed by atoms with Gasteiger partial charge in [0.2, 0.25) is 0 Å². The maximum absolute atomic E-state index is 9.25. The molecular formula is C15H14N8S. The zero-order valence-electron chi connectivity index (χ0n) is 13.1. The van der Waals surface area contributed by atoms with Gasteiger partial charge in [0.05, 0.1) is 5.69 Å². The van der Waals surface area contributed by atoms with Crippen molar-refractivity contribution in [1.29, 1.82) is 5.26 Å². The second kappa shape index (κ2) is 6.17. The van der Waals surface area contributed by atoms with Crippen LogP contribution in [0.3, 0.4) is 0 Å². The number of fused-ring (bicyclic) bond motifs is 1. The summed E-state index contributed by atoms with van der Waals surface area (Å²) in [6, 6.07) is 9.63. The molecule has 0 aliphatic rings. The number of nitriles is 1. The number of nitrogen functional groups attached to an aromatic ring is 2. The quantitative estimate of drug-likeness (QED) is 0.428. The topological polar surface area (TPSA) is 131 Å². The molecule has 0 atom stereocenters. The highest BCUT2D eigenvalue weighted by atomic mass is 32.2. The number of aryl methyl sites for hydroxylation is 1. The van der Waals surface area contributed by atoms with E-state index < -0.39 is 0 Å². The fourth-order valence-electron chi connectivity index (χ4n) is 2.23. The molecular weight excluding hydrogens is 324 g/mol. The third-order valence-corrected chi connectivity index (χ3v) is 4.09. The Morgan fingerprint density at radius 1 is 1.25 bits per heavy atom. The number of hydrogen-bond donors (Lipinski definition) is 2. The highest BCUT2D eigenvalue weighted by Gasteiger charge is 2.19. The van der Waals surface area contributed by atoms with Crippen LogP contribution in [0.25, 0.3) is 5.65 Å². The van der Waals surface area contributed by atoms with Crippen LogP contribution in [0.1, 0.15) is 11.1 Å². The van der Waals surface area contributed by atoms with E-state index in [9.17, 15) is 5.26 Å². The number of nitrogens with zero attached hydrogens (tertiary/aromatic N) is 6. The first kappa shape index (κ1) is 15.8. The van der Waals surface area contributed by atoms with E-state index in [0.717, 1.165) is 5.56 Å². The first-order valence-corrected chi connectivity index (χ1v) is 8.17. The number of benzene rings is 1. The van der Waals surface area contributed by atoms with E-state index in [-0.39, 0.29) is 17.2 Å². The minimum atomic E-state index is 0.112. The predicted molar refractivity (Wildman–Crippen MR) is 93.7 cm³/mol. The van der Waals surface area contributed by atoms with Crippen LogP contribution in [0.4, 0.5) is 23.0 Å². The van der Waals surface area contributed by atoms with Crippen LogP contribution in [-0.4, -0.2) is 20.9 Å². The van der Waals surface area contributed by atoms with Gasteiger partial charge in [-0.2, -0.15) is 10.4 Å². The van der Waals surface area contributed by atoms with Crippen LogP contribution < -0.4 is 11.5 Å². The van der Waals surface area contributed by atoms with Crippen LogP contribution in [0, 0.1) is 18.3 Å². The largest absolute Gasteiger partial charge is 0.382 e. The van der Waals surface area contributed by atoms with Gasteiger partial charge in [-0.15, -0.1) is 22.0 Å². The van der Waals surface area contributed by atoms with Crippen molar-refractivity contribution in [2.75, 3.05) is 17.7 Å². The smallest absolute Gasteiger partial charge is 0.188 e. The Kier molecular flexibility index (Phi) is 4.05. The molecule has 2 aromatic heterocycles. The average molecular weight is 338 g/mol. The van der Waals surface area contributed by atoms with Crippen molar-refractivity contribution in [1.82, 2.24) is 14.6 Å². The number of nitrogens with two attached hydrogens (primary N) is 2. The molecule has 0 unspecified atom stereocenters. The second-order valence-electron chi connectivity index (χ2n) is 5.00.